The quantitative estimate of drug-likeness (QED) is 0.904. The predicted octanol–water partition coefficient (Wildman–Crippen LogP) is 0.929. The minimum Gasteiger partial charge on any atom is -0.415 e. The van der Waals surface area contributed by atoms with Crippen molar-refractivity contribution in [3.8, 4) is 11.5 Å². The van der Waals surface area contributed by atoms with E-state index >= 15 is 0 Å². The van der Waals surface area contributed by atoms with Gasteiger partial charge in [-0.3, -0.25) is 0 Å². The average molecular weight is 274 g/mol. The molecule has 5 heteroatoms. The lowest BCUT2D eigenvalue weighted by molar-refractivity contribution is -0.929. The molecule has 0 radical (unpaired) electrons. The number of aromatic nitrogens is 2. The van der Waals surface area contributed by atoms with Gasteiger partial charge in [-0.15, -0.1) is 10.2 Å². The molecule has 1 saturated heterocycles. The number of hydrogen-bond acceptors (Lipinski definition) is 4. The molecule has 1 N–H and O–H groups in total. The molecule has 20 heavy (non-hydrogen) atoms. The second-order valence-corrected chi connectivity index (χ2v) is 5.46. The van der Waals surface area contributed by atoms with Crippen molar-refractivity contribution < 1.29 is 14.1 Å². The van der Waals surface area contributed by atoms with E-state index in [2.05, 4.69) is 24.0 Å². The number of benzene rings is 1. The highest BCUT2D eigenvalue weighted by molar-refractivity contribution is 5.51. The van der Waals surface area contributed by atoms with Gasteiger partial charge in [-0.1, -0.05) is 18.2 Å². The lowest BCUT2D eigenvalue weighted by Gasteiger charge is -2.31. The van der Waals surface area contributed by atoms with Gasteiger partial charge in [0.1, 0.15) is 25.3 Å². The maximum atomic E-state index is 5.76. The van der Waals surface area contributed by atoms with Crippen molar-refractivity contribution in [1.29, 1.82) is 0 Å². The van der Waals surface area contributed by atoms with E-state index in [4.69, 9.17) is 9.15 Å². The predicted molar refractivity (Wildman–Crippen MR) is 74.1 cm³/mol. The van der Waals surface area contributed by atoms with Gasteiger partial charge in [-0.25, -0.2) is 0 Å². The van der Waals surface area contributed by atoms with E-state index in [1.54, 1.807) is 0 Å². The Morgan fingerprint density at radius 2 is 1.80 bits per heavy atom. The summed E-state index contributed by atoms with van der Waals surface area (Å²) in [6.45, 7) is 6.94. The fourth-order valence-corrected chi connectivity index (χ4v) is 2.77. The van der Waals surface area contributed by atoms with Gasteiger partial charge in [-0.2, -0.15) is 0 Å². The number of nitrogens with one attached hydrogen (secondary N) is 1. The molecule has 1 aromatic heterocycles. The normalized spacial score (nSPS) is 26.6. The Bertz CT molecular complexity index is 545. The van der Waals surface area contributed by atoms with Gasteiger partial charge in [0, 0.05) is 5.56 Å². The zero-order valence-electron chi connectivity index (χ0n) is 11.9. The molecule has 0 unspecified atom stereocenters. The van der Waals surface area contributed by atoms with Crippen LogP contribution in [0.1, 0.15) is 19.7 Å². The summed E-state index contributed by atoms with van der Waals surface area (Å²) >= 11 is 0. The molecule has 1 fully saturated rings. The minimum absolute atomic E-state index is 0.283. The van der Waals surface area contributed by atoms with Crippen LogP contribution in [-0.2, 0) is 11.3 Å². The maximum absolute atomic E-state index is 5.76. The Morgan fingerprint density at radius 1 is 1.10 bits per heavy atom. The first-order valence-electron chi connectivity index (χ1n) is 7.07. The van der Waals surface area contributed by atoms with Gasteiger partial charge in [-0.05, 0) is 26.0 Å². The van der Waals surface area contributed by atoms with Gasteiger partial charge in [0.05, 0.1) is 0 Å². The van der Waals surface area contributed by atoms with Crippen LogP contribution in [0.25, 0.3) is 11.5 Å². The van der Waals surface area contributed by atoms with Crippen molar-refractivity contribution in [2.45, 2.75) is 32.6 Å². The second kappa shape index (κ2) is 5.73. The van der Waals surface area contributed by atoms with Crippen molar-refractivity contribution >= 4 is 0 Å². The van der Waals surface area contributed by atoms with Crippen LogP contribution in [-0.4, -0.2) is 35.5 Å². The largest absolute Gasteiger partial charge is 0.415 e. The minimum atomic E-state index is 0.283. The third kappa shape index (κ3) is 3.05. The van der Waals surface area contributed by atoms with Gasteiger partial charge in [0.2, 0.25) is 5.89 Å². The summed E-state index contributed by atoms with van der Waals surface area (Å²) in [5, 5.41) is 8.29. The molecular weight excluding hydrogens is 254 g/mol. The van der Waals surface area contributed by atoms with E-state index in [-0.39, 0.29) is 12.2 Å². The van der Waals surface area contributed by atoms with Crippen molar-refractivity contribution in [3.63, 3.8) is 0 Å². The average Bonchev–Trinajstić information content (AvgIpc) is 2.87. The summed E-state index contributed by atoms with van der Waals surface area (Å²) in [6, 6.07) is 9.86. The number of rotatable bonds is 3. The van der Waals surface area contributed by atoms with Crippen molar-refractivity contribution in [2.24, 2.45) is 0 Å². The molecule has 0 aliphatic carbocycles. The van der Waals surface area contributed by atoms with Crippen LogP contribution in [0.5, 0.6) is 0 Å². The monoisotopic (exact) mass is 274 g/mol. The highest BCUT2D eigenvalue weighted by atomic mass is 16.5. The fraction of sp³-hybridized carbons (Fsp3) is 0.467. The third-order valence-electron chi connectivity index (χ3n) is 3.51. The van der Waals surface area contributed by atoms with Crippen LogP contribution in [0, 0.1) is 0 Å². The summed E-state index contributed by atoms with van der Waals surface area (Å²) in [4.78, 5) is 1.43. The van der Waals surface area contributed by atoms with Gasteiger partial charge < -0.3 is 14.1 Å². The molecule has 5 nitrogen and oxygen atoms in total. The Hall–Kier alpha value is -1.72. The van der Waals surface area contributed by atoms with E-state index in [1.165, 1.54) is 4.90 Å². The van der Waals surface area contributed by atoms with Gasteiger partial charge in [0.25, 0.3) is 5.89 Å². The molecule has 2 atom stereocenters. The van der Waals surface area contributed by atoms with Crippen LogP contribution in [0.15, 0.2) is 34.7 Å². The van der Waals surface area contributed by atoms with Gasteiger partial charge >= 0.3 is 0 Å². The first-order valence-corrected chi connectivity index (χ1v) is 7.07. The number of quaternary nitrogens is 1. The summed E-state index contributed by atoms with van der Waals surface area (Å²) in [5.41, 5.74) is 0.963. The number of nitrogens with zero attached hydrogens (tertiary/aromatic N) is 2. The van der Waals surface area contributed by atoms with Crippen molar-refractivity contribution in [2.75, 3.05) is 13.1 Å². The lowest BCUT2D eigenvalue weighted by atomic mass is 10.2. The highest BCUT2D eigenvalue weighted by Gasteiger charge is 2.27. The molecule has 106 valence electrons. The smallest absolute Gasteiger partial charge is 0.271 e. The Labute approximate surface area is 118 Å². The molecule has 1 aromatic carbocycles. The van der Waals surface area contributed by atoms with E-state index in [0.717, 1.165) is 25.2 Å². The summed E-state index contributed by atoms with van der Waals surface area (Å²) < 4.78 is 11.5. The lowest BCUT2D eigenvalue weighted by Crippen LogP contribution is -3.14. The van der Waals surface area contributed by atoms with E-state index in [9.17, 15) is 0 Å². The molecule has 0 spiro atoms. The topological polar surface area (TPSA) is 52.6 Å². The zero-order valence-corrected chi connectivity index (χ0v) is 11.9. The van der Waals surface area contributed by atoms with E-state index in [0.29, 0.717) is 11.8 Å². The van der Waals surface area contributed by atoms with E-state index in [1.807, 2.05) is 30.3 Å². The third-order valence-corrected chi connectivity index (χ3v) is 3.51. The molecule has 3 rings (SSSR count). The molecule has 0 amide bonds. The molecule has 2 aromatic rings. The van der Waals surface area contributed by atoms with Crippen LogP contribution in [0.3, 0.4) is 0 Å². The van der Waals surface area contributed by atoms with Crippen LogP contribution in [0.4, 0.5) is 0 Å². The number of ether oxygens (including phenoxy) is 1. The summed E-state index contributed by atoms with van der Waals surface area (Å²) in [5.74, 6) is 1.29. The summed E-state index contributed by atoms with van der Waals surface area (Å²) in [6.07, 6.45) is 0.565. The number of hydrogen-bond donors (Lipinski definition) is 1. The Kier molecular flexibility index (Phi) is 3.80. The van der Waals surface area contributed by atoms with Crippen molar-refractivity contribution in [3.05, 3.63) is 36.2 Å². The summed E-state index contributed by atoms with van der Waals surface area (Å²) in [7, 11) is 0. The molecule has 0 bridgehead atoms. The van der Waals surface area contributed by atoms with Crippen LogP contribution in [0.2, 0.25) is 0 Å². The molecule has 0 saturated carbocycles. The van der Waals surface area contributed by atoms with Crippen molar-refractivity contribution in [1.82, 2.24) is 10.2 Å². The molecule has 1 aliphatic rings. The number of morpholine rings is 1. The molecule has 1 aliphatic heterocycles. The fourth-order valence-electron chi connectivity index (χ4n) is 2.77. The second-order valence-electron chi connectivity index (χ2n) is 5.46. The first kappa shape index (κ1) is 13.3. The van der Waals surface area contributed by atoms with E-state index < -0.39 is 0 Å². The molecule has 2 heterocycles. The highest BCUT2D eigenvalue weighted by Crippen LogP contribution is 2.16. The standard InChI is InChI=1S/C15H19N3O2/c1-11-8-18(9-12(2)19-11)10-14-16-17-15(20-14)13-6-4-3-5-7-13/h3-7,11-12H,8-10H2,1-2H3/p+1/t11-,12-/m1/s1. The zero-order chi connectivity index (χ0) is 13.9. The van der Waals surface area contributed by atoms with Gasteiger partial charge in [0.15, 0.2) is 6.54 Å². The Morgan fingerprint density at radius 3 is 2.50 bits per heavy atom. The van der Waals surface area contributed by atoms with Crippen LogP contribution < -0.4 is 4.90 Å². The van der Waals surface area contributed by atoms with Crippen LogP contribution >= 0.6 is 0 Å². The molecular formula is C15H20N3O2+. The first-order chi connectivity index (χ1) is 9.70. The maximum Gasteiger partial charge on any atom is 0.271 e. The Balaban J connectivity index is 1.68. The SMILES string of the molecule is C[C@@H]1C[NH+](Cc2nnc(-c3ccccc3)o2)C[C@@H](C)O1.